The standard InChI is InChI=1S/C17H16O/c18-17(11-5-6-11)13-7-8-16-14(10-13)9-12-3-1-2-4-15(12)16/h1-4,7-8,10-11,17-18H,5-6,9H2/t17-/m0/s1. The van der Waals surface area contributed by atoms with Crippen LogP contribution in [0.5, 0.6) is 0 Å². The van der Waals surface area contributed by atoms with Crippen LogP contribution in [0, 0.1) is 5.92 Å². The molecule has 0 bridgehead atoms. The molecule has 2 aliphatic rings. The second kappa shape index (κ2) is 3.69. The molecular weight excluding hydrogens is 220 g/mol. The summed E-state index contributed by atoms with van der Waals surface area (Å²) in [6, 6.07) is 15.1. The first-order valence-electron chi connectivity index (χ1n) is 6.72. The molecule has 1 saturated carbocycles. The van der Waals surface area contributed by atoms with E-state index in [4.69, 9.17) is 0 Å². The van der Waals surface area contributed by atoms with E-state index in [0.717, 1.165) is 12.0 Å². The van der Waals surface area contributed by atoms with Crippen LogP contribution in [0.4, 0.5) is 0 Å². The van der Waals surface area contributed by atoms with Crippen molar-refractivity contribution in [3.05, 3.63) is 59.2 Å². The van der Waals surface area contributed by atoms with Crippen LogP contribution in [0.25, 0.3) is 11.1 Å². The first-order valence-corrected chi connectivity index (χ1v) is 6.72. The number of aliphatic hydroxyl groups is 1. The molecule has 90 valence electrons. The zero-order valence-electron chi connectivity index (χ0n) is 10.3. The van der Waals surface area contributed by atoms with Crippen molar-refractivity contribution in [3.8, 4) is 11.1 Å². The van der Waals surface area contributed by atoms with Crippen molar-refractivity contribution in [1.82, 2.24) is 0 Å². The van der Waals surface area contributed by atoms with Crippen LogP contribution in [-0.4, -0.2) is 5.11 Å². The van der Waals surface area contributed by atoms with Gasteiger partial charge in [0.15, 0.2) is 0 Å². The largest absolute Gasteiger partial charge is 0.388 e. The number of aliphatic hydroxyl groups excluding tert-OH is 1. The Hall–Kier alpha value is -1.60. The molecule has 1 nitrogen and oxygen atoms in total. The molecular formula is C17H16O. The van der Waals surface area contributed by atoms with E-state index in [2.05, 4.69) is 42.5 Å². The van der Waals surface area contributed by atoms with Gasteiger partial charge in [0.1, 0.15) is 0 Å². The molecule has 0 radical (unpaired) electrons. The molecule has 2 aromatic rings. The molecule has 0 unspecified atom stereocenters. The number of hydrogen-bond acceptors (Lipinski definition) is 1. The molecule has 18 heavy (non-hydrogen) atoms. The number of hydrogen-bond donors (Lipinski definition) is 1. The van der Waals surface area contributed by atoms with Gasteiger partial charge < -0.3 is 5.11 Å². The first-order chi connectivity index (χ1) is 8.83. The van der Waals surface area contributed by atoms with Crippen molar-refractivity contribution in [1.29, 1.82) is 0 Å². The lowest BCUT2D eigenvalue weighted by molar-refractivity contribution is 0.154. The zero-order chi connectivity index (χ0) is 12.1. The second-order valence-electron chi connectivity index (χ2n) is 5.53. The minimum Gasteiger partial charge on any atom is -0.388 e. The van der Waals surface area contributed by atoms with E-state index in [0.29, 0.717) is 5.92 Å². The Morgan fingerprint density at radius 3 is 2.56 bits per heavy atom. The van der Waals surface area contributed by atoms with Crippen LogP contribution in [0.1, 0.15) is 35.6 Å². The normalized spacial score (nSPS) is 18.3. The van der Waals surface area contributed by atoms with Crippen molar-refractivity contribution < 1.29 is 5.11 Å². The van der Waals surface area contributed by atoms with E-state index < -0.39 is 0 Å². The van der Waals surface area contributed by atoms with Gasteiger partial charge in [-0.1, -0.05) is 42.5 Å². The lowest BCUT2D eigenvalue weighted by atomic mass is 9.99. The van der Waals surface area contributed by atoms with E-state index in [1.807, 2.05) is 0 Å². The lowest BCUT2D eigenvalue weighted by Crippen LogP contribution is -2.00. The SMILES string of the molecule is O[C@H](c1ccc2c(c1)Cc1ccccc1-2)C1CC1. The number of rotatable bonds is 2. The van der Waals surface area contributed by atoms with Gasteiger partial charge in [-0.15, -0.1) is 0 Å². The Morgan fingerprint density at radius 1 is 0.944 bits per heavy atom. The highest BCUT2D eigenvalue weighted by molar-refractivity contribution is 5.76. The minimum atomic E-state index is -0.251. The van der Waals surface area contributed by atoms with Crippen LogP contribution in [0.3, 0.4) is 0 Å². The summed E-state index contributed by atoms with van der Waals surface area (Å²) in [5.41, 5.74) is 6.58. The Morgan fingerprint density at radius 2 is 1.72 bits per heavy atom. The van der Waals surface area contributed by atoms with Crippen LogP contribution >= 0.6 is 0 Å². The van der Waals surface area contributed by atoms with Gasteiger partial charge in [-0.25, -0.2) is 0 Å². The summed E-state index contributed by atoms with van der Waals surface area (Å²) >= 11 is 0. The molecule has 1 heteroatoms. The summed E-state index contributed by atoms with van der Waals surface area (Å²) in [6.07, 6.45) is 3.12. The Balaban J connectivity index is 1.76. The third-order valence-electron chi connectivity index (χ3n) is 4.23. The Bertz CT molecular complexity index is 611. The second-order valence-corrected chi connectivity index (χ2v) is 5.53. The maximum absolute atomic E-state index is 10.2. The highest BCUT2D eigenvalue weighted by atomic mass is 16.3. The topological polar surface area (TPSA) is 20.2 Å². The van der Waals surface area contributed by atoms with Crippen molar-refractivity contribution in [2.75, 3.05) is 0 Å². The Labute approximate surface area is 107 Å². The van der Waals surface area contributed by atoms with Gasteiger partial charge in [-0.2, -0.15) is 0 Å². The molecule has 1 N–H and O–H groups in total. The van der Waals surface area contributed by atoms with Gasteiger partial charge in [-0.05, 0) is 53.0 Å². The van der Waals surface area contributed by atoms with Crippen LogP contribution < -0.4 is 0 Å². The Kier molecular flexibility index (Phi) is 2.12. The van der Waals surface area contributed by atoms with Crippen molar-refractivity contribution in [2.24, 2.45) is 5.92 Å². The smallest absolute Gasteiger partial charge is 0.0818 e. The molecule has 1 atom stereocenters. The number of benzene rings is 2. The van der Waals surface area contributed by atoms with Gasteiger partial charge in [0, 0.05) is 0 Å². The van der Waals surface area contributed by atoms with Gasteiger partial charge in [-0.3, -0.25) is 0 Å². The van der Waals surface area contributed by atoms with Crippen LogP contribution in [-0.2, 0) is 6.42 Å². The van der Waals surface area contributed by atoms with E-state index >= 15 is 0 Å². The maximum Gasteiger partial charge on any atom is 0.0818 e. The molecule has 0 spiro atoms. The highest BCUT2D eigenvalue weighted by Crippen LogP contribution is 2.43. The highest BCUT2D eigenvalue weighted by Gasteiger charge is 2.31. The predicted molar refractivity (Wildman–Crippen MR) is 72.4 cm³/mol. The summed E-state index contributed by atoms with van der Waals surface area (Å²) in [4.78, 5) is 0. The van der Waals surface area contributed by atoms with E-state index in [9.17, 15) is 5.11 Å². The molecule has 0 heterocycles. The van der Waals surface area contributed by atoms with E-state index in [1.165, 1.54) is 35.1 Å². The van der Waals surface area contributed by atoms with Gasteiger partial charge in [0.2, 0.25) is 0 Å². The molecule has 0 aromatic heterocycles. The van der Waals surface area contributed by atoms with Crippen LogP contribution in [0.15, 0.2) is 42.5 Å². The fraction of sp³-hybridized carbons (Fsp3) is 0.294. The third kappa shape index (κ3) is 1.51. The number of fused-ring (bicyclic) bond motifs is 3. The molecule has 0 aliphatic heterocycles. The van der Waals surface area contributed by atoms with E-state index in [1.54, 1.807) is 0 Å². The predicted octanol–water partition coefficient (Wildman–Crippen LogP) is 3.70. The van der Waals surface area contributed by atoms with Crippen LogP contribution in [0.2, 0.25) is 0 Å². The van der Waals surface area contributed by atoms with E-state index in [-0.39, 0.29) is 6.10 Å². The molecule has 0 saturated heterocycles. The maximum atomic E-state index is 10.2. The fourth-order valence-corrected chi connectivity index (χ4v) is 3.03. The monoisotopic (exact) mass is 236 g/mol. The minimum absolute atomic E-state index is 0.251. The average Bonchev–Trinajstić information content (AvgIpc) is 3.18. The van der Waals surface area contributed by atoms with Gasteiger partial charge in [0.05, 0.1) is 6.10 Å². The lowest BCUT2D eigenvalue weighted by Gasteiger charge is -2.11. The summed E-state index contributed by atoms with van der Waals surface area (Å²) in [5.74, 6) is 0.506. The first kappa shape index (κ1) is 10.3. The van der Waals surface area contributed by atoms with Crippen molar-refractivity contribution in [2.45, 2.75) is 25.4 Å². The quantitative estimate of drug-likeness (QED) is 0.719. The summed E-state index contributed by atoms with van der Waals surface area (Å²) in [6.45, 7) is 0. The third-order valence-corrected chi connectivity index (χ3v) is 4.23. The molecule has 2 aromatic carbocycles. The molecule has 2 aliphatic carbocycles. The summed E-state index contributed by atoms with van der Waals surface area (Å²) in [5, 5.41) is 10.2. The molecule has 0 amide bonds. The van der Waals surface area contributed by atoms with Gasteiger partial charge in [0.25, 0.3) is 0 Å². The summed E-state index contributed by atoms with van der Waals surface area (Å²) < 4.78 is 0. The fourth-order valence-electron chi connectivity index (χ4n) is 3.03. The summed E-state index contributed by atoms with van der Waals surface area (Å²) in [7, 11) is 0. The molecule has 1 fully saturated rings. The van der Waals surface area contributed by atoms with Crippen molar-refractivity contribution in [3.63, 3.8) is 0 Å². The molecule has 4 rings (SSSR count). The average molecular weight is 236 g/mol. The van der Waals surface area contributed by atoms with Crippen molar-refractivity contribution >= 4 is 0 Å². The zero-order valence-corrected chi connectivity index (χ0v) is 10.3. The van der Waals surface area contributed by atoms with Gasteiger partial charge >= 0.3 is 0 Å².